The molecule has 0 spiro atoms. The van der Waals surface area contributed by atoms with Crippen LogP contribution in [0.15, 0.2) is 78.5 Å². The lowest BCUT2D eigenvalue weighted by molar-refractivity contribution is -0.118. The summed E-state index contributed by atoms with van der Waals surface area (Å²) in [6.07, 6.45) is 4.08. The summed E-state index contributed by atoms with van der Waals surface area (Å²) in [5.74, 6) is -0.265. The standard InChI is InChI=1S/C30H28N4O3/c1-20-10-11-25(14-21(20)2)34-29(35)19-37-26-7-5-6-22(16-26)15-24(17-31)30(36)32-13-12-23-18-33-28-9-4-3-8-27(23)28/h3-11,14-16,18,33H,12-13,19H2,1-2H3,(H,32,36)(H,34,35). The lowest BCUT2D eigenvalue weighted by Gasteiger charge is -2.09. The van der Waals surface area contributed by atoms with Crippen molar-refractivity contribution in [1.82, 2.24) is 10.3 Å². The maximum atomic E-state index is 12.6. The zero-order valence-electron chi connectivity index (χ0n) is 20.8. The van der Waals surface area contributed by atoms with Crippen molar-refractivity contribution in [3.8, 4) is 11.8 Å². The van der Waals surface area contributed by atoms with E-state index in [-0.39, 0.29) is 18.1 Å². The van der Waals surface area contributed by atoms with Gasteiger partial charge in [0, 0.05) is 29.3 Å². The van der Waals surface area contributed by atoms with Gasteiger partial charge in [-0.1, -0.05) is 36.4 Å². The van der Waals surface area contributed by atoms with E-state index >= 15 is 0 Å². The number of nitrogens with zero attached hydrogens (tertiary/aromatic N) is 1. The van der Waals surface area contributed by atoms with E-state index in [4.69, 9.17) is 4.74 Å². The van der Waals surface area contributed by atoms with Gasteiger partial charge in [-0.05, 0) is 78.9 Å². The third-order valence-corrected chi connectivity index (χ3v) is 6.05. The topological polar surface area (TPSA) is 107 Å². The number of nitrogens with one attached hydrogen (secondary N) is 3. The van der Waals surface area contributed by atoms with Crippen LogP contribution in [0.3, 0.4) is 0 Å². The first kappa shape index (κ1) is 25.3. The Kier molecular flexibility index (Phi) is 8.01. The Balaban J connectivity index is 1.32. The zero-order valence-corrected chi connectivity index (χ0v) is 20.8. The molecule has 186 valence electrons. The molecule has 0 atom stereocenters. The first-order chi connectivity index (χ1) is 17.9. The van der Waals surface area contributed by atoms with Gasteiger partial charge in [0.2, 0.25) is 0 Å². The number of H-pyrrole nitrogens is 1. The molecule has 0 radical (unpaired) electrons. The minimum Gasteiger partial charge on any atom is -0.484 e. The number of rotatable bonds is 9. The average Bonchev–Trinajstić information content (AvgIpc) is 3.31. The second-order valence-electron chi connectivity index (χ2n) is 8.74. The molecule has 7 heteroatoms. The van der Waals surface area contributed by atoms with Crippen molar-refractivity contribution in [1.29, 1.82) is 5.26 Å². The van der Waals surface area contributed by atoms with E-state index in [0.29, 0.717) is 30.0 Å². The average molecular weight is 493 g/mol. The zero-order chi connectivity index (χ0) is 26.2. The van der Waals surface area contributed by atoms with Gasteiger partial charge in [0.25, 0.3) is 11.8 Å². The van der Waals surface area contributed by atoms with Crippen LogP contribution in [-0.2, 0) is 16.0 Å². The molecular weight excluding hydrogens is 464 g/mol. The van der Waals surface area contributed by atoms with Crippen LogP contribution in [0.2, 0.25) is 0 Å². The Bertz CT molecular complexity index is 1510. The molecule has 0 bridgehead atoms. The number of fused-ring (bicyclic) bond motifs is 1. The van der Waals surface area contributed by atoms with Crippen LogP contribution in [0.5, 0.6) is 5.75 Å². The molecule has 1 heterocycles. The number of carbonyl (C=O) groups excluding carboxylic acids is 2. The van der Waals surface area contributed by atoms with Gasteiger partial charge in [-0.25, -0.2) is 0 Å². The van der Waals surface area contributed by atoms with Gasteiger partial charge in [-0.15, -0.1) is 0 Å². The van der Waals surface area contributed by atoms with Crippen molar-refractivity contribution in [2.75, 3.05) is 18.5 Å². The van der Waals surface area contributed by atoms with Gasteiger partial charge in [0.05, 0.1) is 0 Å². The Morgan fingerprint density at radius 3 is 2.68 bits per heavy atom. The number of amides is 2. The second kappa shape index (κ2) is 11.7. The van der Waals surface area contributed by atoms with Crippen molar-refractivity contribution < 1.29 is 14.3 Å². The predicted octanol–water partition coefficient (Wildman–Crippen LogP) is 5.07. The Morgan fingerprint density at radius 2 is 1.86 bits per heavy atom. The molecule has 3 aromatic carbocycles. The smallest absolute Gasteiger partial charge is 0.262 e. The lowest BCUT2D eigenvalue weighted by Crippen LogP contribution is -2.26. The van der Waals surface area contributed by atoms with Crippen LogP contribution in [0.1, 0.15) is 22.3 Å². The van der Waals surface area contributed by atoms with Crippen molar-refractivity contribution in [2.45, 2.75) is 20.3 Å². The molecular formula is C30H28N4O3. The molecule has 0 saturated heterocycles. The first-order valence-electron chi connectivity index (χ1n) is 12.0. The molecule has 0 aliphatic rings. The highest BCUT2D eigenvalue weighted by atomic mass is 16.5. The molecule has 0 fully saturated rings. The number of nitriles is 1. The van der Waals surface area contributed by atoms with Crippen LogP contribution in [0.4, 0.5) is 5.69 Å². The maximum absolute atomic E-state index is 12.6. The van der Waals surface area contributed by atoms with Crippen LogP contribution in [0.25, 0.3) is 17.0 Å². The summed E-state index contributed by atoms with van der Waals surface area (Å²) in [7, 11) is 0. The van der Waals surface area contributed by atoms with E-state index in [2.05, 4.69) is 15.6 Å². The number of hydrogen-bond acceptors (Lipinski definition) is 4. The minimum atomic E-state index is -0.443. The Hall–Kier alpha value is -4.83. The summed E-state index contributed by atoms with van der Waals surface area (Å²) in [6.45, 7) is 4.23. The van der Waals surface area contributed by atoms with Gasteiger partial charge < -0.3 is 20.4 Å². The summed E-state index contributed by atoms with van der Waals surface area (Å²) < 4.78 is 5.62. The quantitative estimate of drug-likeness (QED) is 0.224. The van der Waals surface area contributed by atoms with Gasteiger partial charge >= 0.3 is 0 Å². The normalized spacial score (nSPS) is 11.1. The van der Waals surface area contributed by atoms with Gasteiger partial charge in [0.1, 0.15) is 17.4 Å². The highest BCUT2D eigenvalue weighted by molar-refractivity contribution is 6.01. The minimum absolute atomic E-state index is 0.0106. The van der Waals surface area contributed by atoms with Crippen LogP contribution in [-0.4, -0.2) is 29.9 Å². The number of carbonyl (C=O) groups is 2. The number of hydrogen-bond donors (Lipinski definition) is 3. The van der Waals surface area contributed by atoms with Crippen LogP contribution >= 0.6 is 0 Å². The number of anilines is 1. The first-order valence-corrected chi connectivity index (χ1v) is 12.0. The molecule has 0 aliphatic heterocycles. The van der Waals surface area contributed by atoms with E-state index in [1.165, 1.54) is 6.08 Å². The van der Waals surface area contributed by atoms with Crippen molar-refractivity contribution in [3.63, 3.8) is 0 Å². The Morgan fingerprint density at radius 1 is 1.03 bits per heavy atom. The summed E-state index contributed by atoms with van der Waals surface area (Å²) in [6, 6.07) is 22.6. The summed E-state index contributed by atoms with van der Waals surface area (Å²) in [4.78, 5) is 28.1. The highest BCUT2D eigenvalue weighted by Crippen LogP contribution is 2.19. The SMILES string of the molecule is Cc1ccc(NC(=O)COc2cccc(C=C(C#N)C(=O)NCCc3c[nH]c4ccccc34)c2)cc1C. The van der Waals surface area contributed by atoms with E-state index in [9.17, 15) is 14.9 Å². The van der Waals surface area contributed by atoms with Gasteiger partial charge in [-0.2, -0.15) is 5.26 Å². The maximum Gasteiger partial charge on any atom is 0.262 e. The fraction of sp³-hybridized carbons (Fsp3) is 0.167. The fourth-order valence-corrected chi connectivity index (χ4v) is 3.92. The van der Waals surface area contributed by atoms with E-state index < -0.39 is 5.91 Å². The van der Waals surface area contributed by atoms with E-state index in [0.717, 1.165) is 27.6 Å². The molecule has 0 aliphatic carbocycles. The van der Waals surface area contributed by atoms with Crippen LogP contribution in [0, 0.1) is 25.2 Å². The number of aromatic amines is 1. The number of benzene rings is 3. The molecule has 4 rings (SSSR count). The Labute approximate surface area is 215 Å². The fourth-order valence-electron chi connectivity index (χ4n) is 3.92. The third kappa shape index (κ3) is 6.65. The van der Waals surface area contributed by atoms with Gasteiger partial charge in [0.15, 0.2) is 6.61 Å². The highest BCUT2D eigenvalue weighted by Gasteiger charge is 2.11. The predicted molar refractivity (Wildman–Crippen MR) is 145 cm³/mol. The van der Waals surface area contributed by atoms with Gasteiger partial charge in [-0.3, -0.25) is 9.59 Å². The molecule has 1 aromatic heterocycles. The largest absolute Gasteiger partial charge is 0.484 e. The lowest BCUT2D eigenvalue weighted by atomic mass is 10.1. The monoisotopic (exact) mass is 492 g/mol. The molecule has 0 unspecified atom stereocenters. The van der Waals surface area contributed by atoms with Crippen molar-refractivity contribution in [2.24, 2.45) is 0 Å². The number of ether oxygens (including phenoxy) is 1. The summed E-state index contributed by atoms with van der Waals surface area (Å²) >= 11 is 0. The number of aryl methyl sites for hydroxylation is 2. The third-order valence-electron chi connectivity index (χ3n) is 6.05. The molecule has 4 aromatic rings. The molecule has 7 nitrogen and oxygen atoms in total. The number of aromatic nitrogens is 1. The van der Waals surface area contributed by atoms with E-state index in [1.807, 2.05) is 68.6 Å². The van der Waals surface area contributed by atoms with Crippen molar-refractivity contribution in [3.05, 3.63) is 101 Å². The summed E-state index contributed by atoms with van der Waals surface area (Å²) in [5.41, 5.74) is 5.71. The second-order valence-corrected chi connectivity index (χ2v) is 8.74. The molecule has 0 saturated carbocycles. The van der Waals surface area contributed by atoms with Crippen molar-refractivity contribution >= 4 is 34.5 Å². The summed E-state index contributed by atoms with van der Waals surface area (Å²) in [5, 5.41) is 16.3. The molecule has 2 amide bonds. The van der Waals surface area contributed by atoms with E-state index in [1.54, 1.807) is 24.3 Å². The molecule has 3 N–H and O–H groups in total. The molecule has 37 heavy (non-hydrogen) atoms. The number of para-hydroxylation sites is 1. The van der Waals surface area contributed by atoms with Crippen LogP contribution < -0.4 is 15.4 Å².